The van der Waals surface area contributed by atoms with E-state index < -0.39 is 16.0 Å². The van der Waals surface area contributed by atoms with Crippen LogP contribution in [0.25, 0.3) is 0 Å². The minimum Gasteiger partial charge on any atom is -0.478 e. The summed E-state index contributed by atoms with van der Waals surface area (Å²) in [7, 11) is -3.71. The number of hydrogen-bond donors (Lipinski definition) is 2. The maximum atomic E-state index is 12.1. The molecular formula is C14H16N2O4S. The van der Waals surface area contributed by atoms with Gasteiger partial charge in [-0.25, -0.2) is 17.9 Å². The maximum Gasteiger partial charge on any atom is 0.335 e. The molecule has 0 aliphatic rings. The molecule has 1 aromatic carbocycles. The van der Waals surface area contributed by atoms with E-state index in [0.29, 0.717) is 12.1 Å². The van der Waals surface area contributed by atoms with Crippen molar-refractivity contribution in [2.24, 2.45) is 0 Å². The molecule has 0 bridgehead atoms. The molecule has 0 saturated carbocycles. The molecule has 1 heterocycles. The Balaban J connectivity index is 2.12. The second-order valence-corrected chi connectivity index (χ2v) is 6.37. The molecule has 2 aromatic rings. The van der Waals surface area contributed by atoms with Gasteiger partial charge in [-0.3, -0.25) is 0 Å². The summed E-state index contributed by atoms with van der Waals surface area (Å²) in [4.78, 5) is 11.0. The van der Waals surface area contributed by atoms with Crippen molar-refractivity contribution in [3.05, 3.63) is 53.9 Å². The number of carboxylic acids is 1. The molecule has 0 amide bonds. The van der Waals surface area contributed by atoms with Crippen LogP contribution < -0.4 is 4.72 Å². The number of carboxylic acid groups (broad SMARTS) is 1. The summed E-state index contributed by atoms with van der Waals surface area (Å²) in [6.45, 7) is 2.36. The average Bonchev–Trinajstić information content (AvgIpc) is 2.91. The summed E-state index contributed by atoms with van der Waals surface area (Å²) in [6, 6.07) is 7.78. The molecule has 1 aromatic heterocycles. The van der Waals surface area contributed by atoms with Gasteiger partial charge in [-0.15, -0.1) is 0 Å². The molecule has 21 heavy (non-hydrogen) atoms. The highest BCUT2D eigenvalue weighted by Gasteiger charge is 2.17. The van der Waals surface area contributed by atoms with Crippen molar-refractivity contribution in [1.29, 1.82) is 0 Å². The fourth-order valence-electron chi connectivity index (χ4n) is 1.91. The van der Waals surface area contributed by atoms with Gasteiger partial charge in [-0.2, -0.15) is 0 Å². The summed E-state index contributed by atoms with van der Waals surface area (Å²) >= 11 is 0. The first kappa shape index (κ1) is 15.3. The summed E-state index contributed by atoms with van der Waals surface area (Å²) in [5.41, 5.74) is 0.511. The standard InChI is InChI=1S/C14H16N2O4S/c1-11-4-5-12(10-13(11)14(17)18)21(19,20)15-6-9-16-7-2-3-8-16/h2-5,7-8,10,15H,6,9H2,1H3,(H,17,18). The number of nitrogens with one attached hydrogen (secondary N) is 1. The number of nitrogens with zero attached hydrogens (tertiary/aromatic N) is 1. The number of aromatic nitrogens is 1. The normalized spacial score (nSPS) is 11.5. The SMILES string of the molecule is Cc1ccc(S(=O)(=O)NCCn2cccc2)cc1C(=O)O. The summed E-state index contributed by atoms with van der Waals surface area (Å²) < 4.78 is 28.6. The fraction of sp³-hybridized carbons (Fsp3) is 0.214. The first-order valence-corrected chi connectivity index (χ1v) is 7.83. The van der Waals surface area contributed by atoms with Gasteiger partial charge < -0.3 is 9.67 Å². The molecule has 0 saturated heterocycles. The highest BCUT2D eigenvalue weighted by atomic mass is 32.2. The molecule has 0 unspecified atom stereocenters. The Morgan fingerprint density at radius 1 is 1.29 bits per heavy atom. The number of rotatable bonds is 6. The lowest BCUT2D eigenvalue weighted by molar-refractivity contribution is 0.0696. The number of aromatic carboxylic acids is 1. The smallest absolute Gasteiger partial charge is 0.335 e. The zero-order chi connectivity index (χ0) is 15.5. The number of carbonyl (C=O) groups is 1. The van der Waals surface area contributed by atoms with E-state index >= 15 is 0 Å². The zero-order valence-corrected chi connectivity index (χ0v) is 12.3. The van der Waals surface area contributed by atoms with Crippen molar-refractivity contribution >= 4 is 16.0 Å². The lowest BCUT2D eigenvalue weighted by atomic mass is 10.1. The molecule has 0 aliphatic carbocycles. The summed E-state index contributed by atoms with van der Waals surface area (Å²) in [5.74, 6) is -1.14. The highest BCUT2D eigenvalue weighted by molar-refractivity contribution is 7.89. The lowest BCUT2D eigenvalue weighted by Gasteiger charge is -2.09. The van der Waals surface area contributed by atoms with Crippen molar-refractivity contribution in [2.45, 2.75) is 18.4 Å². The van der Waals surface area contributed by atoms with Crippen molar-refractivity contribution in [1.82, 2.24) is 9.29 Å². The molecule has 0 fully saturated rings. The molecule has 0 radical (unpaired) electrons. The van der Waals surface area contributed by atoms with Gasteiger partial charge in [0.2, 0.25) is 10.0 Å². The van der Waals surface area contributed by atoms with Crippen LogP contribution in [0.3, 0.4) is 0 Å². The van der Waals surface area contributed by atoms with E-state index in [0.717, 1.165) is 0 Å². The van der Waals surface area contributed by atoms with Crippen LogP contribution in [-0.2, 0) is 16.6 Å². The number of sulfonamides is 1. The predicted molar refractivity (Wildman–Crippen MR) is 77.8 cm³/mol. The first-order chi connectivity index (χ1) is 9.90. The second kappa shape index (κ2) is 6.11. The van der Waals surface area contributed by atoms with E-state index in [1.807, 2.05) is 29.1 Å². The monoisotopic (exact) mass is 308 g/mol. The first-order valence-electron chi connectivity index (χ1n) is 6.34. The maximum absolute atomic E-state index is 12.1. The third kappa shape index (κ3) is 3.71. The van der Waals surface area contributed by atoms with Crippen molar-refractivity contribution in [2.75, 3.05) is 6.54 Å². The van der Waals surface area contributed by atoms with Crippen molar-refractivity contribution in [3.8, 4) is 0 Å². The Bertz CT molecular complexity index is 736. The molecule has 2 N–H and O–H groups in total. The van der Waals surface area contributed by atoms with Gasteiger partial charge in [0.15, 0.2) is 0 Å². The van der Waals surface area contributed by atoms with Crippen LogP contribution in [0.4, 0.5) is 0 Å². The van der Waals surface area contributed by atoms with Crippen LogP contribution in [0.1, 0.15) is 15.9 Å². The van der Waals surface area contributed by atoms with Crippen LogP contribution in [0.2, 0.25) is 0 Å². The van der Waals surface area contributed by atoms with Gasteiger partial charge in [0.05, 0.1) is 10.5 Å². The van der Waals surface area contributed by atoms with Crippen LogP contribution in [0, 0.1) is 6.92 Å². The third-order valence-electron chi connectivity index (χ3n) is 3.08. The molecule has 0 atom stereocenters. The Kier molecular flexibility index (Phi) is 4.44. The number of benzene rings is 1. The van der Waals surface area contributed by atoms with Gasteiger partial charge in [0.1, 0.15) is 0 Å². The Labute approximate surface area is 123 Å². The minimum atomic E-state index is -3.71. The fourth-order valence-corrected chi connectivity index (χ4v) is 2.96. The zero-order valence-electron chi connectivity index (χ0n) is 11.5. The van der Waals surface area contributed by atoms with E-state index in [9.17, 15) is 13.2 Å². The number of aryl methyl sites for hydroxylation is 1. The van der Waals surface area contributed by atoms with Crippen LogP contribution >= 0.6 is 0 Å². The highest BCUT2D eigenvalue weighted by Crippen LogP contribution is 2.15. The molecule has 7 heteroatoms. The molecule has 6 nitrogen and oxygen atoms in total. The molecule has 0 spiro atoms. The van der Waals surface area contributed by atoms with Gasteiger partial charge in [-0.1, -0.05) is 6.07 Å². The van der Waals surface area contributed by atoms with Crippen LogP contribution in [-0.4, -0.2) is 30.6 Å². The van der Waals surface area contributed by atoms with Crippen molar-refractivity contribution < 1.29 is 18.3 Å². The lowest BCUT2D eigenvalue weighted by Crippen LogP contribution is -2.27. The largest absolute Gasteiger partial charge is 0.478 e. The third-order valence-corrected chi connectivity index (χ3v) is 4.54. The molecule has 112 valence electrons. The van der Waals surface area contributed by atoms with Gasteiger partial charge in [0, 0.05) is 25.5 Å². The van der Waals surface area contributed by atoms with E-state index in [-0.39, 0.29) is 17.0 Å². The van der Waals surface area contributed by atoms with Gasteiger partial charge in [0.25, 0.3) is 0 Å². The van der Waals surface area contributed by atoms with Gasteiger partial charge >= 0.3 is 5.97 Å². The van der Waals surface area contributed by atoms with Gasteiger partial charge in [-0.05, 0) is 36.8 Å². The Morgan fingerprint density at radius 3 is 2.57 bits per heavy atom. The van der Waals surface area contributed by atoms with E-state index in [1.54, 1.807) is 6.92 Å². The average molecular weight is 308 g/mol. The van der Waals surface area contributed by atoms with Crippen LogP contribution in [0.5, 0.6) is 0 Å². The molecule has 2 rings (SSSR count). The predicted octanol–water partition coefficient (Wildman–Crippen LogP) is 1.47. The Hall–Kier alpha value is -2.12. The quantitative estimate of drug-likeness (QED) is 0.846. The summed E-state index contributed by atoms with van der Waals surface area (Å²) in [5, 5.41) is 9.04. The molecular weight excluding hydrogens is 292 g/mol. The van der Waals surface area contributed by atoms with E-state index in [1.165, 1.54) is 18.2 Å². The minimum absolute atomic E-state index is 0.0108. The topological polar surface area (TPSA) is 88.4 Å². The van der Waals surface area contributed by atoms with Crippen LogP contribution in [0.15, 0.2) is 47.6 Å². The van der Waals surface area contributed by atoms with Crippen molar-refractivity contribution in [3.63, 3.8) is 0 Å². The Morgan fingerprint density at radius 2 is 1.95 bits per heavy atom. The molecule has 0 aliphatic heterocycles. The van der Waals surface area contributed by atoms with E-state index in [2.05, 4.69) is 4.72 Å². The summed E-state index contributed by atoms with van der Waals surface area (Å²) in [6.07, 6.45) is 3.67. The second-order valence-electron chi connectivity index (χ2n) is 4.60. The van der Waals surface area contributed by atoms with E-state index in [4.69, 9.17) is 5.11 Å². The number of hydrogen-bond acceptors (Lipinski definition) is 3.